The second-order valence-corrected chi connectivity index (χ2v) is 8.37. The fraction of sp³-hybridized carbons (Fsp3) is 0.286. The first-order valence-corrected chi connectivity index (χ1v) is 9.40. The normalized spacial score (nSPS) is 20.8. The van der Waals surface area contributed by atoms with Crippen molar-refractivity contribution in [3.8, 4) is 0 Å². The van der Waals surface area contributed by atoms with Crippen LogP contribution in [0.4, 0.5) is 13.2 Å². The van der Waals surface area contributed by atoms with Crippen molar-refractivity contribution < 1.29 is 18.0 Å². The van der Waals surface area contributed by atoms with Crippen LogP contribution in [0.25, 0.3) is 0 Å². The van der Waals surface area contributed by atoms with E-state index in [0.717, 1.165) is 18.3 Å². The van der Waals surface area contributed by atoms with Gasteiger partial charge in [-0.1, -0.05) is 25.4 Å². The Bertz CT molecular complexity index is 1090. The summed E-state index contributed by atoms with van der Waals surface area (Å²) in [6.45, 7) is 3.91. The average Bonchev–Trinajstić information content (AvgIpc) is 2.59. The Hall–Kier alpha value is -2.67. The minimum Gasteiger partial charge on any atom is -0.361 e. The van der Waals surface area contributed by atoms with E-state index < -0.39 is 23.6 Å². The minimum atomic E-state index is -0.979. The Kier molecular flexibility index (Phi) is 4.73. The number of nitrogens with zero attached hydrogens (tertiary/aromatic N) is 2. The average molecular weight is 420 g/mol. The number of hydrogen-bond acceptors (Lipinski definition) is 4. The molecule has 1 aliphatic heterocycles. The van der Waals surface area contributed by atoms with Gasteiger partial charge in [-0.3, -0.25) is 14.8 Å². The van der Waals surface area contributed by atoms with E-state index in [1.54, 1.807) is 0 Å². The lowest BCUT2D eigenvalue weighted by molar-refractivity contribution is -0.117. The highest BCUT2D eigenvalue weighted by Crippen LogP contribution is 2.41. The molecule has 8 heteroatoms. The number of rotatable bonds is 2. The molecule has 2 aromatic rings. The van der Waals surface area contributed by atoms with E-state index in [4.69, 9.17) is 11.6 Å². The molecule has 150 valence electrons. The molecule has 0 bridgehead atoms. The molecule has 0 spiro atoms. The maximum Gasteiger partial charge on any atom is 0.167 e. The van der Waals surface area contributed by atoms with Crippen molar-refractivity contribution >= 4 is 23.1 Å². The highest BCUT2D eigenvalue weighted by atomic mass is 35.5. The number of ketones is 1. The molecule has 4 nitrogen and oxygen atoms in total. The van der Waals surface area contributed by atoms with Crippen LogP contribution in [-0.4, -0.2) is 16.5 Å². The van der Waals surface area contributed by atoms with Gasteiger partial charge in [-0.05, 0) is 30.0 Å². The van der Waals surface area contributed by atoms with Gasteiger partial charge in [0.1, 0.15) is 17.3 Å². The van der Waals surface area contributed by atoms with Gasteiger partial charge in [-0.2, -0.15) is 0 Å². The number of hydrogen-bond donors (Lipinski definition) is 1. The lowest BCUT2D eigenvalue weighted by Crippen LogP contribution is -2.39. The third kappa shape index (κ3) is 3.67. The predicted octanol–water partition coefficient (Wildman–Crippen LogP) is 4.89. The number of carbonyl (C=O) groups is 1. The van der Waals surface area contributed by atoms with Gasteiger partial charge >= 0.3 is 0 Å². The third-order valence-corrected chi connectivity index (χ3v) is 5.28. The van der Waals surface area contributed by atoms with Crippen LogP contribution in [0.1, 0.15) is 44.1 Å². The Morgan fingerprint density at radius 1 is 1.14 bits per heavy atom. The van der Waals surface area contributed by atoms with E-state index in [1.807, 2.05) is 13.8 Å². The minimum absolute atomic E-state index is 0.0846. The second-order valence-electron chi connectivity index (χ2n) is 7.96. The summed E-state index contributed by atoms with van der Waals surface area (Å²) in [4.78, 5) is 21.2. The molecular formula is C21H17ClF3N3O. The Balaban J connectivity index is 1.90. The van der Waals surface area contributed by atoms with Crippen LogP contribution >= 0.6 is 11.6 Å². The van der Waals surface area contributed by atoms with E-state index in [0.29, 0.717) is 29.7 Å². The van der Waals surface area contributed by atoms with Gasteiger partial charge in [0.05, 0.1) is 22.5 Å². The van der Waals surface area contributed by atoms with Crippen LogP contribution in [0, 0.1) is 22.9 Å². The van der Waals surface area contributed by atoms with Crippen molar-refractivity contribution in [1.29, 1.82) is 0 Å². The summed E-state index contributed by atoms with van der Waals surface area (Å²) >= 11 is 6.23. The van der Waals surface area contributed by atoms with E-state index in [1.165, 1.54) is 12.1 Å². The second kappa shape index (κ2) is 6.99. The van der Waals surface area contributed by atoms with Crippen LogP contribution in [0.15, 0.2) is 46.7 Å². The van der Waals surface area contributed by atoms with Crippen molar-refractivity contribution in [2.45, 2.75) is 32.9 Å². The molecule has 1 aromatic heterocycles. The van der Waals surface area contributed by atoms with E-state index in [-0.39, 0.29) is 27.6 Å². The van der Waals surface area contributed by atoms with Gasteiger partial charge in [-0.15, -0.1) is 0 Å². The first-order chi connectivity index (χ1) is 13.6. The van der Waals surface area contributed by atoms with Crippen LogP contribution in [-0.2, 0) is 4.79 Å². The number of nitrogens with one attached hydrogen (secondary N) is 1. The van der Waals surface area contributed by atoms with Crippen LogP contribution < -0.4 is 5.32 Å². The number of pyridine rings is 1. The summed E-state index contributed by atoms with van der Waals surface area (Å²) in [5.41, 5.74) is 1.15. The van der Waals surface area contributed by atoms with Gasteiger partial charge in [0.2, 0.25) is 0 Å². The van der Waals surface area contributed by atoms with Crippen LogP contribution in [0.2, 0.25) is 5.02 Å². The summed E-state index contributed by atoms with van der Waals surface area (Å²) < 4.78 is 41.2. The number of halogens is 4. The maximum atomic E-state index is 14.4. The van der Waals surface area contributed by atoms with Crippen molar-refractivity contribution in [3.05, 3.63) is 75.5 Å². The van der Waals surface area contributed by atoms with Crippen molar-refractivity contribution in [2.24, 2.45) is 10.4 Å². The van der Waals surface area contributed by atoms with Gasteiger partial charge in [-0.25, -0.2) is 13.2 Å². The smallest absolute Gasteiger partial charge is 0.167 e. The molecule has 0 amide bonds. The number of carbonyl (C=O) groups excluding carboxylic acids is 1. The molecule has 0 fully saturated rings. The number of allylic oxidation sites excluding steroid dienone is 2. The fourth-order valence-corrected chi connectivity index (χ4v) is 4.01. The van der Waals surface area contributed by atoms with Gasteiger partial charge in [0.25, 0.3) is 0 Å². The Morgan fingerprint density at radius 3 is 2.59 bits per heavy atom. The highest BCUT2D eigenvalue weighted by Gasteiger charge is 2.39. The lowest BCUT2D eigenvalue weighted by Gasteiger charge is -2.37. The largest absolute Gasteiger partial charge is 0.361 e. The molecule has 4 rings (SSSR count). The molecule has 1 aromatic carbocycles. The predicted molar refractivity (Wildman–Crippen MR) is 103 cm³/mol. The van der Waals surface area contributed by atoms with Gasteiger partial charge in [0, 0.05) is 23.7 Å². The number of aromatic nitrogens is 1. The molecule has 1 unspecified atom stereocenters. The van der Waals surface area contributed by atoms with Crippen LogP contribution in [0.5, 0.6) is 0 Å². The molecule has 2 heterocycles. The van der Waals surface area contributed by atoms with Gasteiger partial charge in [0.15, 0.2) is 17.8 Å². The zero-order valence-electron chi connectivity index (χ0n) is 15.7. The molecule has 2 aliphatic rings. The molecule has 0 saturated carbocycles. The molecule has 0 radical (unpaired) electrons. The first kappa shape index (κ1) is 19.6. The van der Waals surface area contributed by atoms with E-state index >= 15 is 0 Å². The molecule has 29 heavy (non-hydrogen) atoms. The first-order valence-electron chi connectivity index (χ1n) is 9.02. The molecule has 1 N–H and O–H groups in total. The Labute approximate surface area is 170 Å². The topological polar surface area (TPSA) is 54.4 Å². The zero-order chi connectivity index (χ0) is 20.9. The molecule has 1 aliphatic carbocycles. The van der Waals surface area contributed by atoms with Crippen LogP contribution in [0.3, 0.4) is 0 Å². The summed E-state index contributed by atoms with van der Waals surface area (Å²) in [5.74, 6) is -2.32. The number of benzene rings is 1. The Morgan fingerprint density at radius 2 is 1.90 bits per heavy atom. The fourth-order valence-electron chi connectivity index (χ4n) is 3.75. The zero-order valence-corrected chi connectivity index (χ0v) is 16.4. The number of aliphatic imine (C=N–C) groups is 1. The SMILES string of the molecule is CC1(C)CC(=O)C2=C(C1)NC(c1ncc(F)cc1F)N=C2c1ccc(F)cc1Cl. The monoisotopic (exact) mass is 419 g/mol. The highest BCUT2D eigenvalue weighted by molar-refractivity contribution is 6.38. The number of Topliss-reactive ketones (excluding diaryl/α,β-unsaturated/α-hetero) is 1. The van der Waals surface area contributed by atoms with Crippen molar-refractivity contribution in [1.82, 2.24) is 10.3 Å². The molecular weight excluding hydrogens is 403 g/mol. The summed E-state index contributed by atoms with van der Waals surface area (Å²) in [6, 6.07) is 4.51. The molecule has 0 saturated heterocycles. The third-order valence-electron chi connectivity index (χ3n) is 4.96. The quantitative estimate of drug-likeness (QED) is 0.754. The summed E-state index contributed by atoms with van der Waals surface area (Å²) in [7, 11) is 0. The standard InChI is InChI=1S/C21H17ClF3N3O/c1-21(2)7-15-17(16(29)8-21)18(12-4-3-10(23)5-13(12)22)28-20(27-15)19-14(25)6-11(24)9-26-19/h3-6,9,20,27H,7-8H2,1-2H3. The lowest BCUT2D eigenvalue weighted by atomic mass is 9.73. The molecule has 1 atom stereocenters. The summed E-state index contributed by atoms with van der Waals surface area (Å²) in [6.07, 6.45) is 0.747. The van der Waals surface area contributed by atoms with Gasteiger partial charge < -0.3 is 5.32 Å². The van der Waals surface area contributed by atoms with Crippen molar-refractivity contribution in [3.63, 3.8) is 0 Å². The van der Waals surface area contributed by atoms with Crippen molar-refractivity contribution in [2.75, 3.05) is 0 Å². The van der Waals surface area contributed by atoms with E-state index in [2.05, 4.69) is 15.3 Å². The van der Waals surface area contributed by atoms with E-state index in [9.17, 15) is 18.0 Å². The maximum absolute atomic E-state index is 14.4. The summed E-state index contributed by atoms with van der Waals surface area (Å²) in [5, 5.41) is 3.16.